The molecule has 2 aliphatic carbocycles. The molecule has 1 aromatic heterocycles. The maximum atomic E-state index is 11.1. The van der Waals surface area contributed by atoms with Gasteiger partial charge in [0.1, 0.15) is 5.76 Å². The molecule has 0 fully saturated rings. The molecule has 23 heavy (non-hydrogen) atoms. The van der Waals surface area contributed by atoms with Gasteiger partial charge in [-0.15, -0.1) is 0 Å². The van der Waals surface area contributed by atoms with Gasteiger partial charge in [0.2, 0.25) is 5.76 Å². The second-order valence-corrected chi connectivity index (χ2v) is 5.77. The van der Waals surface area contributed by atoms with Crippen molar-refractivity contribution in [2.75, 3.05) is 0 Å². The van der Waals surface area contributed by atoms with E-state index in [9.17, 15) is 9.90 Å². The van der Waals surface area contributed by atoms with Crippen molar-refractivity contribution in [3.63, 3.8) is 0 Å². The number of fused-ring (bicyclic) bond motifs is 2. The monoisotopic (exact) mass is 326 g/mol. The van der Waals surface area contributed by atoms with Gasteiger partial charge in [0.15, 0.2) is 5.60 Å². The van der Waals surface area contributed by atoms with Gasteiger partial charge in [-0.3, -0.25) is 0 Å². The molecule has 1 atom stereocenters. The molecule has 2 aliphatic rings. The highest BCUT2D eigenvalue weighted by molar-refractivity contribution is 6.36. The standard InChI is InChI=1S/C18H11ClO4/c19-16-12-7-6-11(10-4-2-1-3-5-10)15(16)18(12,22)14-9-8-13(23-14)17(20)21/h1-9,22H,(H,20,21). The zero-order valence-electron chi connectivity index (χ0n) is 11.8. The molecule has 0 saturated heterocycles. The third kappa shape index (κ3) is 1.79. The fourth-order valence-electron chi connectivity index (χ4n) is 3.04. The second-order valence-electron chi connectivity index (χ2n) is 5.40. The Bertz CT molecular complexity index is 918. The predicted octanol–water partition coefficient (Wildman–Crippen LogP) is 3.70. The zero-order chi connectivity index (χ0) is 16.2. The Morgan fingerprint density at radius 2 is 1.83 bits per heavy atom. The maximum absolute atomic E-state index is 11.1. The minimum absolute atomic E-state index is 0.155. The van der Waals surface area contributed by atoms with Gasteiger partial charge in [0.05, 0.1) is 5.03 Å². The Kier molecular flexibility index (Phi) is 2.88. The van der Waals surface area contributed by atoms with Crippen LogP contribution in [0.4, 0.5) is 0 Å². The first-order valence-corrected chi connectivity index (χ1v) is 7.36. The molecule has 0 amide bonds. The van der Waals surface area contributed by atoms with Crippen LogP contribution >= 0.6 is 11.6 Å². The Morgan fingerprint density at radius 1 is 1.09 bits per heavy atom. The summed E-state index contributed by atoms with van der Waals surface area (Å²) in [6.07, 6.45) is 3.63. The lowest BCUT2D eigenvalue weighted by atomic mass is 9.65. The number of carbonyl (C=O) groups is 1. The van der Waals surface area contributed by atoms with Gasteiger partial charge >= 0.3 is 5.97 Å². The summed E-state index contributed by atoms with van der Waals surface area (Å²) in [4.78, 5) is 11.0. The van der Waals surface area contributed by atoms with E-state index in [1.54, 1.807) is 6.08 Å². The molecule has 4 nitrogen and oxygen atoms in total. The van der Waals surface area contributed by atoms with Crippen LogP contribution in [0.5, 0.6) is 0 Å². The molecular weight excluding hydrogens is 316 g/mol. The van der Waals surface area contributed by atoms with Gasteiger partial charge in [0.25, 0.3) is 0 Å². The first kappa shape index (κ1) is 14.1. The molecule has 1 aromatic carbocycles. The van der Waals surface area contributed by atoms with Gasteiger partial charge in [-0.05, 0) is 23.3 Å². The third-order valence-corrected chi connectivity index (χ3v) is 4.54. The SMILES string of the molecule is O=C(O)c1ccc(C2(O)c3ccc(-c4ccccc4)c2c3Cl)o1. The number of rotatable bonds is 3. The van der Waals surface area contributed by atoms with Crippen LogP contribution in [0, 0.1) is 0 Å². The van der Waals surface area contributed by atoms with Crippen molar-refractivity contribution < 1.29 is 19.4 Å². The summed E-state index contributed by atoms with van der Waals surface area (Å²) in [6, 6.07) is 12.3. The Hall–Kier alpha value is -2.56. The van der Waals surface area contributed by atoms with Crippen LogP contribution in [0.25, 0.3) is 5.57 Å². The number of hydrogen-bond donors (Lipinski definition) is 2. The number of carboxylic acids is 1. The minimum atomic E-state index is -1.51. The summed E-state index contributed by atoms with van der Waals surface area (Å²) in [5.74, 6) is -1.25. The molecule has 0 aliphatic heterocycles. The van der Waals surface area contributed by atoms with Gasteiger partial charge < -0.3 is 14.6 Å². The Labute approximate surface area is 136 Å². The van der Waals surface area contributed by atoms with Crippen LogP contribution in [-0.4, -0.2) is 16.2 Å². The van der Waals surface area contributed by atoms with Crippen LogP contribution in [0.1, 0.15) is 21.9 Å². The summed E-state index contributed by atoms with van der Waals surface area (Å²) in [5.41, 5.74) is 1.25. The van der Waals surface area contributed by atoms with Gasteiger partial charge in [-0.2, -0.15) is 0 Å². The third-order valence-electron chi connectivity index (χ3n) is 4.15. The maximum Gasteiger partial charge on any atom is 0.371 e. The fraction of sp³-hybridized carbons (Fsp3) is 0.0556. The minimum Gasteiger partial charge on any atom is -0.475 e. The van der Waals surface area contributed by atoms with E-state index in [0.29, 0.717) is 16.2 Å². The predicted molar refractivity (Wildman–Crippen MR) is 84.9 cm³/mol. The summed E-state index contributed by atoms with van der Waals surface area (Å²) >= 11 is 6.32. The number of furan rings is 1. The molecule has 1 heterocycles. The van der Waals surface area contributed by atoms with E-state index in [1.807, 2.05) is 36.4 Å². The average molecular weight is 327 g/mol. The quantitative estimate of drug-likeness (QED) is 0.902. The number of allylic oxidation sites excluding steroid dienone is 2. The van der Waals surface area contributed by atoms with Crippen LogP contribution in [-0.2, 0) is 5.60 Å². The molecule has 2 bridgehead atoms. The van der Waals surface area contributed by atoms with Crippen molar-refractivity contribution in [3.8, 4) is 0 Å². The number of hydrogen-bond acceptors (Lipinski definition) is 3. The summed E-state index contributed by atoms with van der Waals surface area (Å²) < 4.78 is 5.31. The number of aliphatic hydroxyl groups is 1. The molecule has 4 rings (SSSR count). The van der Waals surface area contributed by atoms with E-state index in [-0.39, 0.29) is 11.5 Å². The Balaban J connectivity index is 1.83. The summed E-state index contributed by atoms with van der Waals surface area (Å²) in [6.45, 7) is 0. The molecular formula is C18H11ClO4. The molecule has 114 valence electrons. The number of halogens is 1. The fourth-order valence-corrected chi connectivity index (χ4v) is 3.48. The number of benzene rings is 1. The van der Waals surface area contributed by atoms with Crippen LogP contribution in [0.2, 0.25) is 0 Å². The first-order valence-electron chi connectivity index (χ1n) is 6.98. The van der Waals surface area contributed by atoms with Crippen LogP contribution in [0.3, 0.4) is 0 Å². The topological polar surface area (TPSA) is 70.7 Å². The highest BCUT2D eigenvalue weighted by atomic mass is 35.5. The van der Waals surface area contributed by atoms with Gasteiger partial charge in [0, 0.05) is 11.1 Å². The normalized spacial score (nSPS) is 22.3. The molecule has 0 spiro atoms. The highest BCUT2D eigenvalue weighted by Gasteiger charge is 2.54. The second kappa shape index (κ2) is 4.72. The van der Waals surface area contributed by atoms with Crippen molar-refractivity contribution in [1.29, 1.82) is 0 Å². The number of carboxylic acid groups (broad SMARTS) is 1. The van der Waals surface area contributed by atoms with Crippen molar-refractivity contribution in [1.82, 2.24) is 0 Å². The van der Waals surface area contributed by atoms with E-state index in [0.717, 1.165) is 11.1 Å². The van der Waals surface area contributed by atoms with E-state index in [1.165, 1.54) is 12.1 Å². The number of aromatic carboxylic acids is 1. The molecule has 1 unspecified atom stereocenters. The van der Waals surface area contributed by atoms with E-state index < -0.39 is 11.6 Å². The zero-order valence-corrected chi connectivity index (χ0v) is 12.5. The van der Waals surface area contributed by atoms with E-state index in [2.05, 4.69) is 0 Å². The molecule has 0 saturated carbocycles. The van der Waals surface area contributed by atoms with Gasteiger partial charge in [-0.25, -0.2) is 4.79 Å². The van der Waals surface area contributed by atoms with Crippen LogP contribution in [0.15, 0.2) is 75.2 Å². The van der Waals surface area contributed by atoms with Gasteiger partial charge in [-0.1, -0.05) is 54.1 Å². The van der Waals surface area contributed by atoms with E-state index in [4.69, 9.17) is 21.1 Å². The van der Waals surface area contributed by atoms with E-state index >= 15 is 0 Å². The largest absolute Gasteiger partial charge is 0.475 e. The lowest BCUT2D eigenvalue weighted by Crippen LogP contribution is -2.41. The van der Waals surface area contributed by atoms with Crippen molar-refractivity contribution in [3.05, 3.63) is 87.9 Å². The van der Waals surface area contributed by atoms with Crippen molar-refractivity contribution in [2.45, 2.75) is 5.60 Å². The van der Waals surface area contributed by atoms with Crippen LogP contribution < -0.4 is 0 Å². The summed E-state index contributed by atoms with van der Waals surface area (Å²) in [5, 5.41) is 20.6. The molecule has 2 aromatic rings. The first-order chi connectivity index (χ1) is 11.0. The van der Waals surface area contributed by atoms with Crippen molar-refractivity contribution in [2.24, 2.45) is 0 Å². The average Bonchev–Trinajstić information content (AvgIpc) is 3.06. The van der Waals surface area contributed by atoms with Crippen molar-refractivity contribution >= 4 is 23.1 Å². The highest BCUT2D eigenvalue weighted by Crippen LogP contribution is 2.59. The lowest BCUT2D eigenvalue weighted by molar-refractivity contribution is 0.0615. The molecule has 5 heteroatoms. The Morgan fingerprint density at radius 3 is 2.43 bits per heavy atom. The molecule has 0 radical (unpaired) electrons. The lowest BCUT2D eigenvalue weighted by Gasteiger charge is -2.44. The summed E-state index contributed by atoms with van der Waals surface area (Å²) in [7, 11) is 0. The molecule has 2 N–H and O–H groups in total. The smallest absolute Gasteiger partial charge is 0.371 e.